The largest absolute Gasteiger partial charge is 0.451 e. The number of benzene rings is 1. The highest BCUT2D eigenvalue weighted by Crippen LogP contribution is 2.31. The Balaban J connectivity index is 1.45. The summed E-state index contributed by atoms with van der Waals surface area (Å²) in [7, 11) is 1.89. The molecule has 3 aromatic heterocycles. The number of hydrogen-bond acceptors (Lipinski definition) is 7. The topological polar surface area (TPSA) is 90.0 Å². The molecule has 0 fully saturated rings. The minimum atomic E-state index is -0.244. The number of furan rings is 1. The fraction of sp³-hybridized carbons (Fsp3) is 0.200. The molecule has 0 spiro atoms. The summed E-state index contributed by atoms with van der Waals surface area (Å²) in [6.07, 6.45) is 0.705. The van der Waals surface area contributed by atoms with Gasteiger partial charge in [-0.3, -0.25) is 9.59 Å². The molecule has 0 aliphatic rings. The third kappa shape index (κ3) is 4.10. The molecule has 1 aromatic carbocycles. The van der Waals surface area contributed by atoms with Crippen LogP contribution in [0.4, 0.5) is 5.69 Å². The lowest BCUT2D eigenvalue weighted by Gasteiger charge is -2.05. The molecular formula is C20H18N4O3S2. The Bertz CT molecular complexity index is 1180. The first kappa shape index (κ1) is 19.4. The summed E-state index contributed by atoms with van der Waals surface area (Å²) in [6, 6.07) is 11.3. The second-order valence-corrected chi connectivity index (χ2v) is 8.38. The van der Waals surface area contributed by atoms with Gasteiger partial charge in [0.1, 0.15) is 11.4 Å². The van der Waals surface area contributed by atoms with E-state index in [-0.39, 0.29) is 23.2 Å². The number of nitrogens with one attached hydrogen (secondary N) is 1. The third-order valence-electron chi connectivity index (χ3n) is 4.35. The number of rotatable bonds is 7. The molecule has 3 heterocycles. The first-order valence-corrected chi connectivity index (χ1v) is 10.7. The van der Waals surface area contributed by atoms with Gasteiger partial charge in [-0.1, -0.05) is 30.0 Å². The zero-order chi connectivity index (χ0) is 20.4. The predicted octanol–water partition coefficient (Wildman–Crippen LogP) is 4.15. The summed E-state index contributed by atoms with van der Waals surface area (Å²) >= 11 is 2.97. The fourth-order valence-corrected chi connectivity index (χ4v) is 4.35. The summed E-state index contributed by atoms with van der Waals surface area (Å²) in [4.78, 5) is 25.6. The number of para-hydroxylation sites is 1. The van der Waals surface area contributed by atoms with Gasteiger partial charge >= 0.3 is 0 Å². The van der Waals surface area contributed by atoms with E-state index in [0.717, 1.165) is 5.82 Å². The Morgan fingerprint density at radius 2 is 2.03 bits per heavy atom. The van der Waals surface area contributed by atoms with Crippen molar-refractivity contribution in [1.82, 2.24) is 14.8 Å². The normalized spacial score (nSPS) is 11.1. The molecule has 7 nitrogen and oxygen atoms in total. The SMILES string of the molecule is CC(=O)c1oc2ccccc2c1NC(=O)CSc1nnc(Cc2cccs2)n1C. The van der Waals surface area contributed by atoms with E-state index in [1.165, 1.54) is 23.6 Å². The van der Waals surface area contributed by atoms with Gasteiger partial charge in [-0.15, -0.1) is 21.5 Å². The molecular weight excluding hydrogens is 408 g/mol. The molecule has 0 aliphatic heterocycles. The van der Waals surface area contributed by atoms with E-state index >= 15 is 0 Å². The van der Waals surface area contributed by atoms with Gasteiger partial charge in [0.2, 0.25) is 5.91 Å². The maximum atomic E-state index is 12.5. The number of aromatic nitrogens is 3. The maximum Gasteiger partial charge on any atom is 0.234 e. The number of thioether (sulfide) groups is 1. The molecule has 1 N–H and O–H groups in total. The van der Waals surface area contributed by atoms with Crippen LogP contribution in [-0.4, -0.2) is 32.2 Å². The molecule has 0 bridgehead atoms. The van der Waals surface area contributed by atoms with Crippen LogP contribution in [0.15, 0.2) is 51.4 Å². The number of fused-ring (bicyclic) bond motifs is 1. The Morgan fingerprint density at radius 3 is 2.79 bits per heavy atom. The summed E-state index contributed by atoms with van der Waals surface area (Å²) < 4.78 is 7.49. The number of hydrogen-bond donors (Lipinski definition) is 1. The van der Waals surface area contributed by atoms with Crippen LogP contribution in [-0.2, 0) is 18.3 Å². The number of Topliss-reactive ketones (excluding diaryl/α,β-unsaturated/α-hetero) is 1. The van der Waals surface area contributed by atoms with Crippen molar-refractivity contribution in [2.24, 2.45) is 7.05 Å². The third-order valence-corrected chi connectivity index (χ3v) is 6.25. The van der Waals surface area contributed by atoms with Crippen molar-refractivity contribution in [1.29, 1.82) is 0 Å². The van der Waals surface area contributed by atoms with Gasteiger partial charge < -0.3 is 14.3 Å². The Kier molecular flexibility index (Phi) is 5.50. The van der Waals surface area contributed by atoms with E-state index in [1.807, 2.05) is 41.3 Å². The van der Waals surface area contributed by atoms with Crippen LogP contribution >= 0.6 is 23.1 Å². The van der Waals surface area contributed by atoms with Crippen molar-refractivity contribution in [2.75, 3.05) is 11.1 Å². The van der Waals surface area contributed by atoms with E-state index in [1.54, 1.807) is 17.4 Å². The summed E-state index contributed by atoms with van der Waals surface area (Å²) in [5, 5.41) is 14.6. The van der Waals surface area contributed by atoms with Gasteiger partial charge in [0, 0.05) is 30.7 Å². The molecule has 0 saturated heterocycles. The highest BCUT2D eigenvalue weighted by atomic mass is 32.2. The lowest BCUT2D eigenvalue weighted by Crippen LogP contribution is -2.16. The van der Waals surface area contributed by atoms with Gasteiger partial charge in [-0.05, 0) is 23.6 Å². The standard InChI is InChI=1S/C20H18N4O3S2/c1-12(25)19-18(14-7-3-4-8-15(14)27-19)21-17(26)11-29-20-23-22-16(24(20)2)10-13-6-5-9-28-13/h3-9H,10-11H2,1-2H3,(H,21,26). The van der Waals surface area contributed by atoms with Crippen LogP contribution in [0.3, 0.4) is 0 Å². The summed E-state index contributed by atoms with van der Waals surface area (Å²) in [5.41, 5.74) is 0.974. The zero-order valence-electron chi connectivity index (χ0n) is 15.8. The number of thiophene rings is 1. The fourth-order valence-electron chi connectivity index (χ4n) is 2.92. The molecule has 1 amide bonds. The van der Waals surface area contributed by atoms with E-state index < -0.39 is 0 Å². The molecule has 4 rings (SSSR count). The van der Waals surface area contributed by atoms with Crippen LogP contribution in [0.25, 0.3) is 11.0 Å². The zero-order valence-corrected chi connectivity index (χ0v) is 17.5. The monoisotopic (exact) mass is 426 g/mol. The van der Waals surface area contributed by atoms with Crippen molar-refractivity contribution in [3.63, 3.8) is 0 Å². The lowest BCUT2D eigenvalue weighted by atomic mass is 10.2. The molecule has 148 valence electrons. The van der Waals surface area contributed by atoms with E-state index in [2.05, 4.69) is 21.6 Å². The van der Waals surface area contributed by atoms with Gasteiger partial charge in [-0.2, -0.15) is 0 Å². The second-order valence-electron chi connectivity index (χ2n) is 6.41. The molecule has 0 radical (unpaired) electrons. The van der Waals surface area contributed by atoms with Crippen LogP contribution < -0.4 is 5.32 Å². The van der Waals surface area contributed by atoms with Crippen molar-refractivity contribution >= 4 is 51.4 Å². The van der Waals surface area contributed by atoms with E-state index in [9.17, 15) is 9.59 Å². The number of anilines is 1. The Hall–Kier alpha value is -2.91. The number of amides is 1. The average molecular weight is 427 g/mol. The first-order chi connectivity index (χ1) is 14.0. The highest BCUT2D eigenvalue weighted by Gasteiger charge is 2.20. The number of ketones is 1. The molecule has 9 heteroatoms. The second kappa shape index (κ2) is 8.22. The van der Waals surface area contributed by atoms with Crippen LogP contribution in [0.5, 0.6) is 0 Å². The summed E-state index contributed by atoms with van der Waals surface area (Å²) in [5.74, 6) is 0.654. The smallest absolute Gasteiger partial charge is 0.234 e. The maximum absolute atomic E-state index is 12.5. The molecule has 0 atom stereocenters. The van der Waals surface area contributed by atoms with Crippen molar-refractivity contribution in [3.05, 3.63) is 58.2 Å². The Labute approximate surface area is 175 Å². The molecule has 0 saturated carbocycles. The quantitative estimate of drug-likeness (QED) is 0.353. The first-order valence-electron chi connectivity index (χ1n) is 8.88. The minimum Gasteiger partial charge on any atom is -0.451 e. The summed E-state index contributed by atoms with van der Waals surface area (Å²) in [6.45, 7) is 1.41. The van der Waals surface area contributed by atoms with E-state index in [4.69, 9.17) is 4.42 Å². The molecule has 0 aliphatic carbocycles. The van der Waals surface area contributed by atoms with Gasteiger partial charge in [-0.25, -0.2) is 0 Å². The number of carbonyl (C=O) groups excluding carboxylic acids is 2. The van der Waals surface area contributed by atoms with Gasteiger partial charge in [0.05, 0.1) is 11.4 Å². The van der Waals surface area contributed by atoms with Crippen LogP contribution in [0.1, 0.15) is 28.2 Å². The van der Waals surface area contributed by atoms with Crippen molar-refractivity contribution in [3.8, 4) is 0 Å². The molecule has 4 aromatic rings. The Morgan fingerprint density at radius 1 is 1.21 bits per heavy atom. The minimum absolute atomic E-state index is 0.141. The predicted molar refractivity (Wildman–Crippen MR) is 114 cm³/mol. The van der Waals surface area contributed by atoms with Crippen molar-refractivity contribution < 1.29 is 14.0 Å². The lowest BCUT2D eigenvalue weighted by molar-refractivity contribution is -0.113. The van der Waals surface area contributed by atoms with E-state index in [0.29, 0.717) is 28.2 Å². The highest BCUT2D eigenvalue weighted by molar-refractivity contribution is 7.99. The molecule has 0 unspecified atom stereocenters. The van der Waals surface area contributed by atoms with Gasteiger partial charge in [0.25, 0.3) is 0 Å². The van der Waals surface area contributed by atoms with Crippen LogP contribution in [0, 0.1) is 0 Å². The number of carbonyl (C=O) groups is 2. The van der Waals surface area contributed by atoms with Gasteiger partial charge in [0.15, 0.2) is 16.7 Å². The average Bonchev–Trinajstić information content (AvgIpc) is 3.42. The van der Waals surface area contributed by atoms with Crippen molar-refractivity contribution in [2.45, 2.75) is 18.5 Å². The van der Waals surface area contributed by atoms with Crippen LogP contribution in [0.2, 0.25) is 0 Å². The number of nitrogens with zero attached hydrogens (tertiary/aromatic N) is 3. The molecule has 29 heavy (non-hydrogen) atoms.